The number of carbonyl (C=O) groups excluding carboxylic acids is 1. The van der Waals surface area contributed by atoms with Crippen molar-refractivity contribution in [2.75, 3.05) is 19.6 Å². The Morgan fingerprint density at radius 3 is 2.46 bits per heavy atom. The predicted molar refractivity (Wildman–Crippen MR) is 137 cm³/mol. The smallest absolute Gasteiger partial charge is 0.369 e. The van der Waals surface area contributed by atoms with Crippen LogP contribution in [0.15, 0.2) is 52.5 Å². The zero-order chi connectivity index (χ0) is 27.9. The fraction of sp³-hybridized carbons (Fsp3) is 0.346. The first-order valence-corrected chi connectivity index (χ1v) is 12.9. The fourth-order valence-corrected chi connectivity index (χ4v) is 5.74. The highest BCUT2D eigenvalue weighted by Crippen LogP contribution is 2.38. The molecule has 0 spiro atoms. The number of amidine groups is 1. The van der Waals surface area contributed by atoms with E-state index in [0.29, 0.717) is 49.4 Å². The molecule has 0 atom stereocenters. The molecule has 0 saturated carbocycles. The number of amides is 1. The Kier molecular flexibility index (Phi) is 7.12. The van der Waals surface area contributed by atoms with Crippen molar-refractivity contribution in [3.63, 3.8) is 0 Å². The van der Waals surface area contributed by atoms with E-state index in [4.69, 9.17) is 5.73 Å². The normalized spacial score (nSPS) is 18.3. The van der Waals surface area contributed by atoms with Crippen LogP contribution in [0.4, 0.5) is 26.3 Å². The Hall–Kier alpha value is -3.48. The van der Waals surface area contributed by atoms with E-state index < -0.39 is 23.5 Å². The summed E-state index contributed by atoms with van der Waals surface area (Å²) in [6.45, 7) is 1.61. The minimum atomic E-state index is -4.95. The summed E-state index contributed by atoms with van der Waals surface area (Å²) in [7, 11) is 0. The van der Waals surface area contributed by atoms with E-state index >= 15 is 0 Å². The van der Waals surface area contributed by atoms with Gasteiger partial charge in [-0.3, -0.25) is 14.5 Å². The molecule has 0 bridgehead atoms. The maximum Gasteiger partial charge on any atom is 0.416 e. The number of benzene rings is 2. The number of hydrogen-bond acceptors (Lipinski definition) is 5. The minimum Gasteiger partial charge on any atom is -0.369 e. The van der Waals surface area contributed by atoms with E-state index in [1.54, 1.807) is 17.8 Å². The summed E-state index contributed by atoms with van der Waals surface area (Å²) in [6, 6.07) is 7.02. The third-order valence-electron chi connectivity index (χ3n) is 6.82. The van der Waals surface area contributed by atoms with E-state index in [2.05, 4.69) is 15.0 Å². The van der Waals surface area contributed by atoms with Crippen LogP contribution in [0.3, 0.4) is 0 Å². The number of likely N-dealkylation sites (tertiary alicyclic amines) is 1. The molecule has 5 rings (SSSR count). The van der Waals surface area contributed by atoms with Gasteiger partial charge in [-0.25, -0.2) is 0 Å². The maximum absolute atomic E-state index is 13.6. The van der Waals surface area contributed by atoms with Crippen LogP contribution in [0.5, 0.6) is 0 Å². The standard InChI is InChI=1S/C26H23F6N5OS/c27-25(28,29)19-3-2-17(21(11-19)26(30,31)32)14-37-22-4-1-15(9-18(22)12-35-37)10-20-13-34-24(39-20)36-7-5-16(6-8-36)23(33)38/h1-4,9-12,16H,5-8,13-14H2,(H2,33,38). The van der Waals surface area contributed by atoms with Crippen LogP contribution in [0.1, 0.15) is 35.1 Å². The molecule has 0 unspecified atom stereocenters. The van der Waals surface area contributed by atoms with Crippen LogP contribution in [-0.2, 0) is 23.7 Å². The highest BCUT2D eigenvalue weighted by atomic mass is 32.2. The van der Waals surface area contributed by atoms with Gasteiger partial charge in [-0.2, -0.15) is 31.4 Å². The molecule has 2 aliphatic heterocycles. The molecule has 0 radical (unpaired) electrons. The highest BCUT2D eigenvalue weighted by molar-refractivity contribution is 8.17. The lowest BCUT2D eigenvalue weighted by atomic mass is 9.97. The Labute approximate surface area is 223 Å². The van der Waals surface area contributed by atoms with Gasteiger partial charge in [0.15, 0.2) is 5.17 Å². The lowest BCUT2D eigenvalue weighted by molar-refractivity contribution is -0.143. The number of rotatable bonds is 4. The summed E-state index contributed by atoms with van der Waals surface area (Å²) >= 11 is 1.55. The van der Waals surface area contributed by atoms with Gasteiger partial charge < -0.3 is 10.6 Å². The van der Waals surface area contributed by atoms with E-state index in [0.717, 1.165) is 21.7 Å². The maximum atomic E-state index is 13.6. The quantitative estimate of drug-likeness (QED) is 0.407. The summed E-state index contributed by atoms with van der Waals surface area (Å²) < 4.78 is 81.0. The molecule has 13 heteroatoms. The zero-order valence-electron chi connectivity index (χ0n) is 20.4. The number of nitrogens with zero attached hydrogens (tertiary/aromatic N) is 4. The molecule has 1 fully saturated rings. The third-order valence-corrected chi connectivity index (χ3v) is 7.90. The van der Waals surface area contributed by atoms with Gasteiger partial charge in [-0.15, -0.1) is 0 Å². The van der Waals surface area contributed by atoms with Crippen molar-refractivity contribution in [1.29, 1.82) is 0 Å². The largest absolute Gasteiger partial charge is 0.416 e. The van der Waals surface area contributed by atoms with Crippen molar-refractivity contribution >= 4 is 39.8 Å². The molecular weight excluding hydrogens is 544 g/mol. The molecular formula is C26H23F6N5OS. The lowest BCUT2D eigenvalue weighted by Gasteiger charge is -2.31. The van der Waals surface area contributed by atoms with Gasteiger partial charge in [-0.1, -0.05) is 23.9 Å². The number of aliphatic imine (C=N–C) groups is 1. The summed E-state index contributed by atoms with van der Waals surface area (Å²) in [5.41, 5.74) is 3.82. The van der Waals surface area contributed by atoms with Gasteiger partial charge in [0.2, 0.25) is 5.91 Å². The van der Waals surface area contributed by atoms with Crippen molar-refractivity contribution in [1.82, 2.24) is 14.7 Å². The minimum absolute atomic E-state index is 0.102. The molecule has 1 saturated heterocycles. The lowest BCUT2D eigenvalue weighted by Crippen LogP contribution is -2.40. The number of primary amides is 1. The summed E-state index contributed by atoms with van der Waals surface area (Å²) in [5, 5.41) is 5.77. The second kappa shape index (κ2) is 10.2. The first-order valence-electron chi connectivity index (χ1n) is 12.1. The van der Waals surface area contributed by atoms with Crippen LogP contribution in [0, 0.1) is 5.92 Å². The van der Waals surface area contributed by atoms with Gasteiger partial charge in [0, 0.05) is 29.3 Å². The monoisotopic (exact) mass is 567 g/mol. The van der Waals surface area contributed by atoms with Gasteiger partial charge >= 0.3 is 12.4 Å². The summed E-state index contributed by atoms with van der Waals surface area (Å²) in [6.07, 6.45) is -4.94. The number of carbonyl (C=O) groups is 1. The third kappa shape index (κ3) is 5.92. The molecule has 3 aromatic rings. The Morgan fingerprint density at radius 1 is 1.05 bits per heavy atom. The Balaban J connectivity index is 1.31. The van der Waals surface area contributed by atoms with Gasteiger partial charge in [0.05, 0.1) is 35.9 Å². The van der Waals surface area contributed by atoms with Crippen LogP contribution in [-0.4, -0.2) is 45.4 Å². The van der Waals surface area contributed by atoms with Crippen LogP contribution in [0.25, 0.3) is 17.0 Å². The SMILES string of the molecule is NC(=O)C1CCN(C2=NCC(=Cc3ccc4c(cnn4Cc4ccc(C(F)(F)F)cc4C(F)(F)F)c3)S2)CC1. The van der Waals surface area contributed by atoms with Gasteiger partial charge in [-0.05, 0) is 54.3 Å². The Bertz CT molecular complexity index is 1470. The average Bonchev–Trinajstić information content (AvgIpc) is 3.50. The Morgan fingerprint density at radius 2 is 1.79 bits per heavy atom. The van der Waals surface area contributed by atoms with Crippen LogP contribution < -0.4 is 5.73 Å². The molecule has 3 heterocycles. The number of aromatic nitrogens is 2. The topological polar surface area (TPSA) is 76.5 Å². The number of nitrogens with two attached hydrogens (primary N) is 1. The number of hydrogen-bond donors (Lipinski definition) is 1. The molecule has 0 aliphatic carbocycles. The van der Waals surface area contributed by atoms with Crippen molar-refractivity contribution in [2.45, 2.75) is 31.7 Å². The van der Waals surface area contributed by atoms with Crippen molar-refractivity contribution in [3.8, 4) is 0 Å². The second-order valence-electron chi connectivity index (χ2n) is 9.46. The molecule has 1 amide bonds. The van der Waals surface area contributed by atoms with E-state index in [1.807, 2.05) is 18.2 Å². The van der Waals surface area contributed by atoms with Gasteiger partial charge in [0.25, 0.3) is 0 Å². The zero-order valence-corrected chi connectivity index (χ0v) is 21.2. The number of fused-ring (bicyclic) bond motifs is 1. The summed E-state index contributed by atoms with van der Waals surface area (Å²) in [5.74, 6) is -0.370. The average molecular weight is 568 g/mol. The number of alkyl halides is 6. The van der Waals surface area contributed by atoms with Crippen LogP contribution >= 0.6 is 11.8 Å². The number of piperidine rings is 1. The predicted octanol–water partition coefficient (Wildman–Crippen LogP) is 5.76. The molecule has 2 aliphatic rings. The number of thioether (sulfide) groups is 1. The van der Waals surface area contributed by atoms with Crippen molar-refractivity contribution < 1.29 is 31.1 Å². The molecule has 1 aromatic heterocycles. The van der Waals surface area contributed by atoms with E-state index in [1.165, 1.54) is 10.9 Å². The molecule has 2 aromatic carbocycles. The molecule has 206 valence electrons. The second-order valence-corrected chi connectivity index (χ2v) is 10.6. The molecule has 39 heavy (non-hydrogen) atoms. The number of halogens is 6. The molecule has 2 N–H and O–H groups in total. The van der Waals surface area contributed by atoms with Crippen LogP contribution in [0.2, 0.25) is 0 Å². The highest BCUT2D eigenvalue weighted by Gasteiger charge is 2.38. The first-order chi connectivity index (χ1) is 18.4. The summed E-state index contributed by atoms with van der Waals surface area (Å²) in [4.78, 5) is 19.2. The fourth-order valence-electron chi connectivity index (χ4n) is 4.75. The first kappa shape index (κ1) is 27.1. The molecule has 6 nitrogen and oxygen atoms in total. The van der Waals surface area contributed by atoms with E-state index in [-0.39, 0.29) is 30.0 Å². The van der Waals surface area contributed by atoms with Crippen molar-refractivity contribution in [3.05, 3.63) is 69.8 Å². The van der Waals surface area contributed by atoms with E-state index in [9.17, 15) is 31.1 Å². The van der Waals surface area contributed by atoms with Crippen molar-refractivity contribution in [2.24, 2.45) is 16.6 Å². The van der Waals surface area contributed by atoms with Gasteiger partial charge in [0.1, 0.15) is 0 Å².